The van der Waals surface area contributed by atoms with E-state index in [9.17, 15) is 0 Å². The highest BCUT2D eigenvalue weighted by atomic mass is 16.5. The third kappa shape index (κ3) is 5.28. The Morgan fingerprint density at radius 3 is 2.88 bits per heavy atom. The van der Waals surface area contributed by atoms with Gasteiger partial charge in [-0.25, -0.2) is 0 Å². The van der Waals surface area contributed by atoms with Crippen LogP contribution < -0.4 is 5.32 Å². The monoisotopic (exact) mass is 228 g/mol. The third-order valence-electron chi connectivity index (χ3n) is 3.78. The van der Waals surface area contributed by atoms with Crippen LogP contribution in [0.25, 0.3) is 0 Å². The molecule has 1 saturated heterocycles. The molecule has 0 amide bonds. The number of methoxy groups -OCH3 is 1. The van der Waals surface area contributed by atoms with Crippen molar-refractivity contribution in [2.45, 2.75) is 26.2 Å². The maximum Gasteiger partial charge on any atom is 0.0589 e. The van der Waals surface area contributed by atoms with Crippen LogP contribution in [-0.4, -0.2) is 51.8 Å². The molecule has 0 saturated carbocycles. The lowest BCUT2D eigenvalue weighted by Crippen LogP contribution is -2.34. The Labute approximate surface area is 101 Å². The Morgan fingerprint density at radius 1 is 1.44 bits per heavy atom. The lowest BCUT2D eigenvalue weighted by molar-refractivity contribution is 0.153. The van der Waals surface area contributed by atoms with Crippen molar-refractivity contribution in [2.24, 2.45) is 11.8 Å². The maximum absolute atomic E-state index is 5.08. The molecule has 0 aromatic rings. The predicted octanol–water partition coefficient (Wildman–Crippen LogP) is 1.59. The Balaban J connectivity index is 2.10. The van der Waals surface area contributed by atoms with Crippen LogP contribution in [0.15, 0.2) is 0 Å². The molecule has 0 radical (unpaired) electrons. The summed E-state index contributed by atoms with van der Waals surface area (Å²) in [6, 6.07) is 0. The molecule has 0 aromatic carbocycles. The van der Waals surface area contributed by atoms with Crippen molar-refractivity contribution in [3.8, 4) is 0 Å². The molecular weight excluding hydrogens is 200 g/mol. The number of nitrogens with one attached hydrogen (secondary N) is 1. The molecular formula is C13H28N2O. The zero-order valence-electron chi connectivity index (χ0n) is 11.2. The summed E-state index contributed by atoms with van der Waals surface area (Å²) in [5, 5.41) is 3.50. The van der Waals surface area contributed by atoms with Gasteiger partial charge in [0.05, 0.1) is 6.61 Å². The SMILES string of the molecule is COCCN(C)CCC(C)C1CCCNC1. The van der Waals surface area contributed by atoms with Crippen molar-refractivity contribution in [1.82, 2.24) is 10.2 Å². The molecule has 96 valence electrons. The fourth-order valence-corrected chi connectivity index (χ4v) is 2.38. The highest BCUT2D eigenvalue weighted by Crippen LogP contribution is 2.22. The van der Waals surface area contributed by atoms with Gasteiger partial charge in [0.2, 0.25) is 0 Å². The van der Waals surface area contributed by atoms with Crippen LogP contribution in [0.4, 0.5) is 0 Å². The molecule has 1 aliphatic heterocycles. The predicted molar refractivity (Wildman–Crippen MR) is 68.7 cm³/mol. The minimum Gasteiger partial charge on any atom is -0.383 e. The van der Waals surface area contributed by atoms with E-state index in [2.05, 4.69) is 24.2 Å². The van der Waals surface area contributed by atoms with Gasteiger partial charge in [-0.3, -0.25) is 0 Å². The number of nitrogens with zero attached hydrogens (tertiary/aromatic N) is 1. The number of piperidine rings is 1. The van der Waals surface area contributed by atoms with Crippen LogP contribution >= 0.6 is 0 Å². The van der Waals surface area contributed by atoms with Crippen LogP contribution in [0.2, 0.25) is 0 Å². The van der Waals surface area contributed by atoms with E-state index in [-0.39, 0.29) is 0 Å². The van der Waals surface area contributed by atoms with Gasteiger partial charge in [-0.15, -0.1) is 0 Å². The van der Waals surface area contributed by atoms with Crippen molar-refractivity contribution >= 4 is 0 Å². The molecule has 0 bridgehead atoms. The largest absolute Gasteiger partial charge is 0.383 e. The van der Waals surface area contributed by atoms with E-state index in [1.807, 2.05) is 0 Å². The van der Waals surface area contributed by atoms with Gasteiger partial charge in [0.25, 0.3) is 0 Å². The summed E-state index contributed by atoms with van der Waals surface area (Å²) in [5.74, 6) is 1.74. The van der Waals surface area contributed by atoms with E-state index < -0.39 is 0 Å². The first-order chi connectivity index (χ1) is 7.74. The van der Waals surface area contributed by atoms with Crippen molar-refractivity contribution in [3.05, 3.63) is 0 Å². The van der Waals surface area contributed by atoms with Gasteiger partial charge in [-0.05, 0) is 57.8 Å². The summed E-state index contributed by atoms with van der Waals surface area (Å²) in [4.78, 5) is 2.37. The number of likely N-dealkylation sites (N-methyl/N-ethyl adjacent to an activating group) is 1. The molecule has 1 heterocycles. The summed E-state index contributed by atoms with van der Waals surface area (Å²) in [7, 11) is 3.95. The molecule has 0 aromatic heterocycles. The second-order valence-corrected chi connectivity index (χ2v) is 5.17. The number of rotatable bonds is 7. The first-order valence-electron chi connectivity index (χ1n) is 6.62. The minimum absolute atomic E-state index is 0.843. The second kappa shape index (κ2) is 8.04. The Kier molecular flexibility index (Phi) is 7.01. The molecule has 1 N–H and O–H groups in total. The van der Waals surface area contributed by atoms with Crippen molar-refractivity contribution in [1.29, 1.82) is 0 Å². The van der Waals surface area contributed by atoms with Gasteiger partial charge in [-0.1, -0.05) is 6.92 Å². The van der Waals surface area contributed by atoms with Crippen LogP contribution in [0.1, 0.15) is 26.2 Å². The molecule has 2 atom stereocenters. The maximum atomic E-state index is 5.08. The van der Waals surface area contributed by atoms with Crippen LogP contribution in [0.5, 0.6) is 0 Å². The van der Waals surface area contributed by atoms with E-state index in [1.54, 1.807) is 7.11 Å². The molecule has 0 aliphatic carbocycles. The lowest BCUT2D eigenvalue weighted by atomic mass is 9.85. The fourth-order valence-electron chi connectivity index (χ4n) is 2.38. The summed E-state index contributed by atoms with van der Waals surface area (Å²) >= 11 is 0. The van der Waals surface area contributed by atoms with Gasteiger partial charge in [-0.2, -0.15) is 0 Å². The van der Waals surface area contributed by atoms with Gasteiger partial charge >= 0.3 is 0 Å². The Morgan fingerprint density at radius 2 is 2.25 bits per heavy atom. The molecule has 16 heavy (non-hydrogen) atoms. The lowest BCUT2D eigenvalue weighted by Gasteiger charge is -2.29. The van der Waals surface area contributed by atoms with Crippen LogP contribution in [-0.2, 0) is 4.74 Å². The molecule has 3 heteroatoms. The molecule has 3 nitrogen and oxygen atoms in total. The third-order valence-corrected chi connectivity index (χ3v) is 3.78. The van der Waals surface area contributed by atoms with Gasteiger partial charge in [0.1, 0.15) is 0 Å². The number of hydrogen-bond acceptors (Lipinski definition) is 3. The smallest absolute Gasteiger partial charge is 0.0589 e. The zero-order valence-corrected chi connectivity index (χ0v) is 11.2. The molecule has 1 fully saturated rings. The van der Waals surface area contributed by atoms with Crippen molar-refractivity contribution in [2.75, 3.05) is 46.9 Å². The van der Waals surface area contributed by atoms with E-state index in [4.69, 9.17) is 4.74 Å². The Bertz CT molecular complexity index is 169. The van der Waals surface area contributed by atoms with E-state index in [1.165, 1.54) is 38.9 Å². The van der Waals surface area contributed by atoms with Crippen LogP contribution in [0, 0.1) is 11.8 Å². The molecule has 0 spiro atoms. The Hall–Kier alpha value is -0.120. The zero-order chi connectivity index (χ0) is 11.8. The van der Waals surface area contributed by atoms with Crippen molar-refractivity contribution < 1.29 is 4.74 Å². The summed E-state index contributed by atoms with van der Waals surface area (Å²) < 4.78 is 5.08. The number of hydrogen-bond donors (Lipinski definition) is 1. The topological polar surface area (TPSA) is 24.5 Å². The summed E-state index contributed by atoms with van der Waals surface area (Å²) in [5.41, 5.74) is 0. The highest BCUT2D eigenvalue weighted by molar-refractivity contribution is 4.74. The molecule has 1 aliphatic rings. The average Bonchev–Trinajstić information content (AvgIpc) is 2.34. The molecule has 2 unspecified atom stereocenters. The summed E-state index contributed by atoms with van der Waals surface area (Å²) in [6.07, 6.45) is 4.08. The molecule has 1 rings (SSSR count). The van der Waals surface area contributed by atoms with E-state index >= 15 is 0 Å². The summed E-state index contributed by atoms with van der Waals surface area (Å²) in [6.45, 7) is 7.94. The van der Waals surface area contributed by atoms with E-state index in [0.717, 1.165) is 25.0 Å². The van der Waals surface area contributed by atoms with Gasteiger partial charge in [0.15, 0.2) is 0 Å². The van der Waals surface area contributed by atoms with Crippen LogP contribution in [0.3, 0.4) is 0 Å². The number of ether oxygens (including phenoxy) is 1. The quantitative estimate of drug-likeness (QED) is 0.716. The highest BCUT2D eigenvalue weighted by Gasteiger charge is 2.19. The minimum atomic E-state index is 0.843. The van der Waals surface area contributed by atoms with E-state index in [0.29, 0.717) is 0 Å². The standard InChI is InChI=1S/C13H28N2O/c1-12(13-5-4-7-14-11-13)6-8-15(2)9-10-16-3/h12-14H,4-11H2,1-3H3. The van der Waals surface area contributed by atoms with Gasteiger partial charge < -0.3 is 15.0 Å². The second-order valence-electron chi connectivity index (χ2n) is 5.17. The first-order valence-corrected chi connectivity index (χ1v) is 6.62. The van der Waals surface area contributed by atoms with Crippen molar-refractivity contribution in [3.63, 3.8) is 0 Å². The first kappa shape index (κ1) is 13.9. The van der Waals surface area contributed by atoms with Gasteiger partial charge in [0, 0.05) is 13.7 Å². The average molecular weight is 228 g/mol. The normalized spacial score (nSPS) is 23.6. The fraction of sp³-hybridized carbons (Fsp3) is 1.00.